The van der Waals surface area contributed by atoms with Crippen LogP contribution in [-0.2, 0) is 11.2 Å². The number of amides is 2. The maximum atomic E-state index is 13.4. The van der Waals surface area contributed by atoms with Crippen LogP contribution < -0.4 is 4.90 Å². The molecule has 146 valence electrons. The zero-order valence-electron chi connectivity index (χ0n) is 16.4. The Balaban J connectivity index is 1.57. The van der Waals surface area contributed by atoms with Crippen molar-refractivity contribution in [3.63, 3.8) is 0 Å². The summed E-state index contributed by atoms with van der Waals surface area (Å²) in [6, 6.07) is 16.7. The summed E-state index contributed by atoms with van der Waals surface area (Å²) < 4.78 is 0. The van der Waals surface area contributed by atoms with Crippen molar-refractivity contribution in [2.24, 2.45) is 0 Å². The molecule has 0 spiro atoms. The highest BCUT2D eigenvalue weighted by Crippen LogP contribution is 2.34. The standard InChI is InChI=1S/C23H27N3O2/c1-2-12-24-13-15-25(16-14-24)23(28)21-17-19-10-6-7-11-20(19)26(21)22(27)18-8-4-3-5-9-18/h3-11,21H,2,12-17H2,1H3. The monoisotopic (exact) mass is 377 g/mol. The number of fused-ring (bicyclic) bond motifs is 1. The molecule has 5 heteroatoms. The van der Waals surface area contributed by atoms with Crippen LogP contribution in [0.2, 0.25) is 0 Å². The number of carbonyl (C=O) groups is 2. The van der Waals surface area contributed by atoms with Gasteiger partial charge in [-0.1, -0.05) is 43.3 Å². The van der Waals surface area contributed by atoms with Gasteiger partial charge in [0.1, 0.15) is 6.04 Å². The molecule has 2 aromatic carbocycles. The van der Waals surface area contributed by atoms with Gasteiger partial charge in [-0.2, -0.15) is 0 Å². The number of carbonyl (C=O) groups excluding carboxylic acids is 2. The van der Waals surface area contributed by atoms with E-state index in [0.717, 1.165) is 50.4 Å². The minimum absolute atomic E-state index is 0.0663. The predicted octanol–water partition coefficient (Wildman–Crippen LogP) is 2.81. The van der Waals surface area contributed by atoms with E-state index in [2.05, 4.69) is 11.8 Å². The molecule has 1 fully saturated rings. The van der Waals surface area contributed by atoms with Crippen molar-refractivity contribution in [1.82, 2.24) is 9.80 Å². The Morgan fingerprint density at radius 3 is 2.32 bits per heavy atom. The maximum Gasteiger partial charge on any atom is 0.259 e. The predicted molar refractivity (Wildman–Crippen MR) is 110 cm³/mol. The van der Waals surface area contributed by atoms with Crippen LogP contribution in [0, 0.1) is 0 Å². The number of benzene rings is 2. The molecular formula is C23H27N3O2. The van der Waals surface area contributed by atoms with Gasteiger partial charge in [0.05, 0.1) is 0 Å². The smallest absolute Gasteiger partial charge is 0.259 e. The lowest BCUT2D eigenvalue weighted by Crippen LogP contribution is -2.55. The van der Waals surface area contributed by atoms with Gasteiger partial charge in [0, 0.05) is 43.9 Å². The fourth-order valence-electron chi connectivity index (χ4n) is 4.27. The molecule has 2 aromatic rings. The number of hydrogen-bond acceptors (Lipinski definition) is 3. The SMILES string of the molecule is CCCN1CCN(C(=O)C2Cc3ccccc3N2C(=O)c2ccccc2)CC1. The maximum absolute atomic E-state index is 13.4. The minimum Gasteiger partial charge on any atom is -0.338 e. The van der Waals surface area contributed by atoms with Gasteiger partial charge < -0.3 is 4.90 Å². The first-order valence-corrected chi connectivity index (χ1v) is 10.2. The Morgan fingerprint density at radius 2 is 1.61 bits per heavy atom. The first kappa shape index (κ1) is 18.7. The largest absolute Gasteiger partial charge is 0.338 e. The fourth-order valence-corrected chi connectivity index (χ4v) is 4.27. The highest BCUT2D eigenvalue weighted by Gasteiger charge is 2.40. The Morgan fingerprint density at radius 1 is 0.929 bits per heavy atom. The topological polar surface area (TPSA) is 43.9 Å². The summed E-state index contributed by atoms with van der Waals surface area (Å²) in [4.78, 5) is 32.7. The average molecular weight is 377 g/mol. The van der Waals surface area contributed by atoms with Gasteiger partial charge in [-0.25, -0.2) is 0 Å². The van der Waals surface area contributed by atoms with Crippen molar-refractivity contribution < 1.29 is 9.59 Å². The Kier molecular flexibility index (Phi) is 5.44. The summed E-state index contributed by atoms with van der Waals surface area (Å²) in [6.07, 6.45) is 1.72. The third-order valence-corrected chi connectivity index (χ3v) is 5.72. The van der Waals surface area contributed by atoms with E-state index in [9.17, 15) is 9.59 Å². The number of anilines is 1. The zero-order valence-corrected chi connectivity index (χ0v) is 16.4. The Hall–Kier alpha value is -2.66. The number of rotatable bonds is 4. The van der Waals surface area contributed by atoms with Gasteiger partial charge in [0.15, 0.2) is 0 Å². The second-order valence-electron chi connectivity index (χ2n) is 7.56. The number of para-hydroxylation sites is 1. The van der Waals surface area contributed by atoms with Gasteiger partial charge in [0.2, 0.25) is 5.91 Å². The molecule has 2 heterocycles. The van der Waals surface area contributed by atoms with E-state index in [1.165, 1.54) is 0 Å². The molecule has 1 saturated heterocycles. The van der Waals surface area contributed by atoms with Gasteiger partial charge >= 0.3 is 0 Å². The van der Waals surface area contributed by atoms with Crippen LogP contribution in [0.4, 0.5) is 5.69 Å². The molecule has 1 atom stereocenters. The minimum atomic E-state index is -0.456. The highest BCUT2D eigenvalue weighted by molar-refractivity contribution is 6.11. The molecule has 5 nitrogen and oxygen atoms in total. The molecule has 0 bridgehead atoms. The molecule has 0 saturated carbocycles. The fraction of sp³-hybridized carbons (Fsp3) is 0.391. The first-order chi connectivity index (χ1) is 13.7. The van der Waals surface area contributed by atoms with E-state index < -0.39 is 6.04 Å². The van der Waals surface area contributed by atoms with Gasteiger partial charge in [-0.15, -0.1) is 0 Å². The van der Waals surface area contributed by atoms with Crippen molar-refractivity contribution in [3.05, 3.63) is 65.7 Å². The first-order valence-electron chi connectivity index (χ1n) is 10.2. The van der Waals surface area contributed by atoms with Crippen LogP contribution in [0.25, 0.3) is 0 Å². The van der Waals surface area contributed by atoms with E-state index in [1.807, 2.05) is 59.5 Å². The quantitative estimate of drug-likeness (QED) is 0.823. The van der Waals surface area contributed by atoms with Crippen LogP contribution in [0.15, 0.2) is 54.6 Å². The van der Waals surface area contributed by atoms with Crippen LogP contribution >= 0.6 is 0 Å². The number of nitrogens with zero attached hydrogens (tertiary/aromatic N) is 3. The van der Waals surface area contributed by atoms with Gasteiger partial charge in [-0.3, -0.25) is 19.4 Å². The van der Waals surface area contributed by atoms with E-state index in [-0.39, 0.29) is 11.8 Å². The van der Waals surface area contributed by atoms with Crippen LogP contribution in [0.3, 0.4) is 0 Å². The molecule has 0 N–H and O–H groups in total. The van der Waals surface area contributed by atoms with Crippen molar-refractivity contribution in [3.8, 4) is 0 Å². The molecule has 0 aliphatic carbocycles. The molecule has 0 aromatic heterocycles. The highest BCUT2D eigenvalue weighted by atomic mass is 16.2. The lowest BCUT2D eigenvalue weighted by molar-refractivity contribution is -0.134. The lowest BCUT2D eigenvalue weighted by Gasteiger charge is -2.37. The number of hydrogen-bond donors (Lipinski definition) is 0. The van der Waals surface area contributed by atoms with E-state index in [1.54, 1.807) is 4.90 Å². The second-order valence-corrected chi connectivity index (χ2v) is 7.56. The molecular weight excluding hydrogens is 350 g/mol. The van der Waals surface area contributed by atoms with Gasteiger partial charge in [0.25, 0.3) is 5.91 Å². The third-order valence-electron chi connectivity index (χ3n) is 5.72. The van der Waals surface area contributed by atoms with Crippen LogP contribution in [0.1, 0.15) is 29.3 Å². The summed E-state index contributed by atoms with van der Waals surface area (Å²) >= 11 is 0. The van der Waals surface area contributed by atoms with E-state index in [4.69, 9.17) is 0 Å². The summed E-state index contributed by atoms with van der Waals surface area (Å²) in [5.41, 5.74) is 2.54. The molecule has 2 aliphatic rings. The number of piperazine rings is 1. The van der Waals surface area contributed by atoms with Crippen LogP contribution in [-0.4, -0.2) is 60.4 Å². The summed E-state index contributed by atoms with van der Waals surface area (Å²) in [7, 11) is 0. The van der Waals surface area contributed by atoms with Crippen molar-refractivity contribution >= 4 is 17.5 Å². The molecule has 4 rings (SSSR count). The molecule has 28 heavy (non-hydrogen) atoms. The van der Waals surface area contributed by atoms with E-state index >= 15 is 0 Å². The van der Waals surface area contributed by atoms with E-state index in [0.29, 0.717) is 12.0 Å². The van der Waals surface area contributed by atoms with Crippen molar-refractivity contribution in [2.45, 2.75) is 25.8 Å². The van der Waals surface area contributed by atoms with Gasteiger partial charge in [-0.05, 0) is 36.7 Å². The Bertz CT molecular complexity index is 844. The van der Waals surface area contributed by atoms with Crippen molar-refractivity contribution in [2.75, 3.05) is 37.6 Å². The molecule has 2 aliphatic heterocycles. The molecule has 2 amide bonds. The Labute approximate surface area is 166 Å². The lowest BCUT2D eigenvalue weighted by atomic mass is 10.1. The summed E-state index contributed by atoms with van der Waals surface area (Å²) in [5.74, 6) is -0.0369. The molecule has 0 radical (unpaired) electrons. The average Bonchev–Trinajstić information content (AvgIpc) is 3.13. The summed E-state index contributed by atoms with van der Waals surface area (Å²) in [5, 5.41) is 0. The zero-order chi connectivity index (χ0) is 19.5. The van der Waals surface area contributed by atoms with Crippen molar-refractivity contribution in [1.29, 1.82) is 0 Å². The summed E-state index contributed by atoms with van der Waals surface area (Å²) in [6.45, 7) is 6.55. The van der Waals surface area contributed by atoms with Crippen LogP contribution in [0.5, 0.6) is 0 Å². The molecule has 1 unspecified atom stereocenters. The third kappa shape index (κ3) is 3.54. The second kappa shape index (κ2) is 8.15. The normalized spacial score (nSPS) is 19.5.